The van der Waals surface area contributed by atoms with Gasteiger partial charge >= 0.3 is 0 Å². The molecule has 0 bridgehead atoms. The van der Waals surface area contributed by atoms with Gasteiger partial charge in [-0.3, -0.25) is 15.0 Å². The molecule has 3 aliphatic carbocycles. The van der Waals surface area contributed by atoms with Crippen LogP contribution in [0.4, 0.5) is 5.69 Å². The van der Waals surface area contributed by atoms with Crippen LogP contribution in [-0.4, -0.2) is 24.6 Å². The van der Waals surface area contributed by atoms with Crippen molar-refractivity contribution in [1.29, 1.82) is 5.41 Å². The van der Waals surface area contributed by atoms with E-state index in [2.05, 4.69) is 5.32 Å². The largest absolute Gasteiger partial charge is 0.497 e. The lowest BCUT2D eigenvalue weighted by Crippen LogP contribution is -2.24. The van der Waals surface area contributed by atoms with Crippen molar-refractivity contribution >= 4 is 39.6 Å². The van der Waals surface area contributed by atoms with Crippen LogP contribution in [0.15, 0.2) is 54.1 Å². The monoisotopic (exact) mass is 421 g/mol. The molecule has 0 radical (unpaired) electrons. The summed E-state index contributed by atoms with van der Waals surface area (Å²) in [6.07, 6.45) is 5.43. The minimum Gasteiger partial charge on any atom is -0.497 e. The Kier molecular flexibility index (Phi) is 3.72. The first kappa shape index (κ1) is 18.6. The Hall–Kier alpha value is -4.19. The van der Waals surface area contributed by atoms with Gasteiger partial charge in [0.2, 0.25) is 0 Å². The summed E-state index contributed by atoms with van der Waals surface area (Å²) in [5.41, 5.74) is 12.1. The summed E-state index contributed by atoms with van der Waals surface area (Å²) < 4.78 is 5.34. The lowest BCUT2D eigenvalue weighted by Gasteiger charge is -2.30. The number of ketones is 2. The fourth-order valence-electron chi connectivity index (χ4n) is 5.22. The number of hydrogen-bond donors (Lipinski definition) is 3. The van der Waals surface area contributed by atoms with Gasteiger partial charge in [-0.15, -0.1) is 0 Å². The maximum atomic E-state index is 13.6. The predicted octanol–water partition coefficient (Wildman–Crippen LogP) is 4.67. The van der Waals surface area contributed by atoms with Crippen LogP contribution in [0.3, 0.4) is 0 Å². The first-order valence-electron chi connectivity index (χ1n) is 10.4. The van der Waals surface area contributed by atoms with E-state index in [1.54, 1.807) is 19.2 Å². The van der Waals surface area contributed by atoms with Crippen molar-refractivity contribution in [3.8, 4) is 16.9 Å². The molecule has 0 aliphatic heterocycles. The highest BCUT2D eigenvalue weighted by Crippen LogP contribution is 2.50. The molecule has 3 aromatic rings. The lowest BCUT2D eigenvalue weighted by atomic mass is 9.73. The highest BCUT2D eigenvalue weighted by Gasteiger charge is 2.35. The molecule has 0 heterocycles. The first-order chi connectivity index (χ1) is 15.5. The summed E-state index contributed by atoms with van der Waals surface area (Å²) in [7, 11) is 1.57. The highest BCUT2D eigenvalue weighted by atomic mass is 16.5. The Balaban J connectivity index is 1.79. The van der Waals surface area contributed by atoms with Crippen molar-refractivity contribution < 1.29 is 14.3 Å². The maximum Gasteiger partial charge on any atom is 0.194 e. The van der Waals surface area contributed by atoms with Crippen LogP contribution >= 0.6 is 0 Å². The van der Waals surface area contributed by atoms with E-state index >= 15 is 0 Å². The molecule has 4 N–H and O–H groups in total. The summed E-state index contributed by atoms with van der Waals surface area (Å²) in [5.74, 6) is 0.208. The minimum absolute atomic E-state index is 0.0334. The average Bonchev–Trinajstić information content (AvgIpc) is 2.80. The van der Waals surface area contributed by atoms with Crippen LogP contribution in [0.25, 0.3) is 27.5 Å². The topological polar surface area (TPSA) is 105 Å². The Morgan fingerprint density at radius 3 is 2.53 bits per heavy atom. The average molecular weight is 421 g/mol. The third kappa shape index (κ3) is 2.32. The van der Waals surface area contributed by atoms with Gasteiger partial charge in [-0.2, -0.15) is 0 Å². The van der Waals surface area contributed by atoms with Crippen LogP contribution in [0.1, 0.15) is 44.7 Å². The number of carbonyl (C=O) groups excluding carboxylic acids is 2. The van der Waals surface area contributed by atoms with Crippen LogP contribution < -0.4 is 15.8 Å². The second kappa shape index (κ2) is 6.40. The fourth-order valence-corrected chi connectivity index (χ4v) is 5.22. The standard InChI is InChI=1S/C26H19N3O3/c1-32-12-6-7-13-15-8-9-17-23-21(15)19(25(31)18(13)10-12)11-20(29-26(27)28)22(23)14-4-2-3-5-16(14)24(17)30/h3,5-11H,2,4H2,1H3,(H4,27,28,29). The van der Waals surface area contributed by atoms with Crippen molar-refractivity contribution in [2.75, 3.05) is 12.4 Å². The molecule has 0 saturated heterocycles. The Morgan fingerprint density at radius 1 is 0.969 bits per heavy atom. The number of nitrogens with one attached hydrogen (secondary N) is 2. The van der Waals surface area contributed by atoms with E-state index < -0.39 is 0 Å². The zero-order valence-corrected chi connectivity index (χ0v) is 17.3. The van der Waals surface area contributed by atoms with Gasteiger partial charge in [0.1, 0.15) is 5.75 Å². The van der Waals surface area contributed by atoms with Crippen molar-refractivity contribution in [2.45, 2.75) is 12.8 Å². The van der Waals surface area contributed by atoms with E-state index in [0.717, 1.165) is 39.5 Å². The third-order valence-electron chi connectivity index (χ3n) is 6.52. The van der Waals surface area contributed by atoms with Gasteiger partial charge in [-0.25, -0.2) is 0 Å². The molecule has 6 rings (SSSR count). The van der Waals surface area contributed by atoms with Gasteiger partial charge in [-0.05, 0) is 59.9 Å². The fraction of sp³-hybridized carbons (Fsp3) is 0.115. The predicted molar refractivity (Wildman–Crippen MR) is 125 cm³/mol. The Labute approximate surface area is 183 Å². The number of allylic oxidation sites excluding steroid dienone is 4. The van der Waals surface area contributed by atoms with Crippen molar-refractivity contribution in [3.63, 3.8) is 0 Å². The third-order valence-corrected chi connectivity index (χ3v) is 6.52. The molecule has 6 heteroatoms. The molecular formula is C26H19N3O3. The molecule has 0 atom stereocenters. The summed E-state index contributed by atoms with van der Waals surface area (Å²) in [5, 5.41) is 12.3. The number of fused-ring (bicyclic) bond motifs is 3. The van der Waals surface area contributed by atoms with Gasteiger partial charge < -0.3 is 15.8 Å². The SMILES string of the molecule is COc1ccc2c(c1)C(=O)c1cc(NC(=N)N)c3c4c(ccc-2c14)C(=O)C1=C3CCC=C1. The van der Waals surface area contributed by atoms with E-state index in [0.29, 0.717) is 40.1 Å². The molecule has 156 valence electrons. The van der Waals surface area contributed by atoms with Crippen LogP contribution in [0.5, 0.6) is 5.75 Å². The lowest BCUT2D eigenvalue weighted by molar-refractivity contribution is 0.103. The van der Waals surface area contributed by atoms with Gasteiger partial charge in [0.05, 0.1) is 7.11 Å². The number of carbonyl (C=O) groups is 2. The number of methoxy groups -OCH3 is 1. The molecule has 0 aromatic heterocycles. The van der Waals surface area contributed by atoms with Gasteiger partial charge in [0, 0.05) is 44.3 Å². The number of Topliss-reactive ketones (excluding diaryl/α,β-unsaturated/α-hetero) is 1. The highest BCUT2D eigenvalue weighted by molar-refractivity contribution is 6.34. The van der Waals surface area contributed by atoms with Crippen LogP contribution in [0, 0.1) is 5.41 Å². The van der Waals surface area contributed by atoms with Gasteiger partial charge in [0.25, 0.3) is 0 Å². The number of ether oxygens (including phenoxy) is 1. The molecule has 0 saturated carbocycles. The zero-order chi connectivity index (χ0) is 22.1. The second-order valence-electron chi connectivity index (χ2n) is 8.20. The van der Waals surface area contributed by atoms with Crippen molar-refractivity contribution in [1.82, 2.24) is 0 Å². The van der Waals surface area contributed by atoms with E-state index in [-0.39, 0.29) is 17.5 Å². The second-order valence-corrected chi connectivity index (χ2v) is 8.20. The molecule has 32 heavy (non-hydrogen) atoms. The van der Waals surface area contributed by atoms with E-state index in [9.17, 15) is 9.59 Å². The molecule has 0 fully saturated rings. The smallest absolute Gasteiger partial charge is 0.194 e. The zero-order valence-electron chi connectivity index (χ0n) is 17.3. The maximum absolute atomic E-state index is 13.6. The summed E-state index contributed by atoms with van der Waals surface area (Å²) in [4.78, 5) is 27.0. The molecule has 0 unspecified atom stereocenters. The first-order valence-corrected chi connectivity index (χ1v) is 10.4. The summed E-state index contributed by atoms with van der Waals surface area (Å²) >= 11 is 0. The minimum atomic E-state index is -0.221. The summed E-state index contributed by atoms with van der Waals surface area (Å²) in [6.45, 7) is 0. The van der Waals surface area contributed by atoms with E-state index in [1.165, 1.54) is 0 Å². The molecule has 0 amide bonds. The van der Waals surface area contributed by atoms with Crippen LogP contribution in [-0.2, 0) is 0 Å². The van der Waals surface area contributed by atoms with Gasteiger partial charge in [-0.1, -0.05) is 18.2 Å². The Bertz CT molecular complexity index is 1490. The van der Waals surface area contributed by atoms with Crippen LogP contribution in [0.2, 0.25) is 0 Å². The Morgan fingerprint density at radius 2 is 1.75 bits per heavy atom. The number of nitrogens with two attached hydrogens (primary N) is 1. The number of rotatable bonds is 2. The molecule has 3 aromatic carbocycles. The molecule has 3 aliphatic rings. The van der Waals surface area contributed by atoms with E-state index in [4.69, 9.17) is 15.9 Å². The molecular weight excluding hydrogens is 402 g/mol. The molecule has 0 spiro atoms. The number of anilines is 1. The molecule has 6 nitrogen and oxygen atoms in total. The number of guanidine groups is 1. The number of benzene rings is 3. The summed E-state index contributed by atoms with van der Waals surface area (Å²) in [6, 6.07) is 11.0. The van der Waals surface area contributed by atoms with Crippen molar-refractivity contribution in [3.05, 3.63) is 76.4 Å². The number of hydrogen-bond acceptors (Lipinski definition) is 4. The van der Waals surface area contributed by atoms with Gasteiger partial charge in [0.15, 0.2) is 17.5 Å². The normalized spacial score (nSPS) is 15.5. The van der Waals surface area contributed by atoms with E-state index in [1.807, 2.05) is 36.4 Å². The quantitative estimate of drug-likeness (QED) is 0.322. The van der Waals surface area contributed by atoms with Crippen molar-refractivity contribution in [2.24, 2.45) is 5.73 Å².